The van der Waals surface area contributed by atoms with Crippen molar-refractivity contribution in [2.45, 2.75) is 19.4 Å². The van der Waals surface area contributed by atoms with Crippen molar-refractivity contribution in [3.8, 4) is 0 Å². The molecule has 1 aliphatic heterocycles. The summed E-state index contributed by atoms with van der Waals surface area (Å²) in [5.41, 5.74) is 0.935. The van der Waals surface area contributed by atoms with E-state index in [2.05, 4.69) is 5.32 Å². The normalized spacial score (nSPS) is 18.6. The van der Waals surface area contributed by atoms with Gasteiger partial charge >= 0.3 is 6.03 Å². The van der Waals surface area contributed by atoms with Crippen LogP contribution in [0.4, 0.5) is 14.9 Å². The molecule has 1 unspecified atom stereocenters. The molecule has 0 spiro atoms. The minimum Gasteiger partial charge on any atom is -0.385 e. The number of para-hydroxylation sites is 1. The Morgan fingerprint density at radius 3 is 3.10 bits per heavy atom. The summed E-state index contributed by atoms with van der Waals surface area (Å²) in [6.07, 6.45) is 0.695. The summed E-state index contributed by atoms with van der Waals surface area (Å²) in [5.74, 6) is -0.426. The SMILES string of the molecule is COCCC1COCCN1C(=O)Nc1c(C)cccc1F. The van der Waals surface area contributed by atoms with Gasteiger partial charge in [-0.05, 0) is 25.0 Å². The highest BCUT2D eigenvalue weighted by Crippen LogP contribution is 2.20. The molecule has 2 rings (SSSR count). The lowest BCUT2D eigenvalue weighted by molar-refractivity contribution is 0.00448. The van der Waals surface area contributed by atoms with Crippen LogP contribution in [0.15, 0.2) is 18.2 Å². The number of methoxy groups -OCH3 is 1. The maximum atomic E-state index is 13.8. The van der Waals surface area contributed by atoms with E-state index in [4.69, 9.17) is 9.47 Å². The van der Waals surface area contributed by atoms with Crippen molar-refractivity contribution < 1.29 is 18.7 Å². The lowest BCUT2D eigenvalue weighted by Crippen LogP contribution is -2.50. The fourth-order valence-corrected chi connectivity index (χ4v) is 2.38. The van der Waals surface area contributed by atoms with E-state index in [-0.39, 0.29) is 17.8 Å². The lowest BCUT2D eigenvalue weighted by Gasteiger charge is -2.35. The minimum absolute atomic E-state index is 0.0502. The molecular formula is C15H21FN2O3. The first-order valence-electron chi connectivity index (χ1n) is 7.03. The van der Waals surface area contributed by atoms with E-state index < -0.39 is 5.82 Å². The second-order valence-electron chi connectivity index (χ2n) is 5.07. The second-order valence-corrected chi connectivity index (χ2v) is 5.07. The molecule has 0 radical (unpaired) electrons. The molecule has 6 heteroatoms. The van der Waals surface area contributed by atoms with E-state index in [1.807, 2.05) is 0 Å². The second kappa shape index (κ2) is 7.38. The van der Waals surface area contributed by atoms with Gasteiger partial charge in [-0.25, -0.2) is 9.18 Å². The number of anilines is 1. The Morgan fingerprint density at radius 1 is 1.57 bits per heavy atom. The fourth-order valence-electron chi connectivity index (χ4n) is 2.38. The molecule has 2 amide bonds. The Hall–Kier alpha value is -1.66. The molecule has 0 saturated carbocycles. The monoisotopic (exact) mass is 296 g/mol. The summed E-state index contributed by atoms with van der Waals surface area (Å²) < 4.78 is 24.3. The minimum atomic E-state index is -0.426. The van der Waals surface area contributed by atoms with Crippen LogP contribution in [0.1, 0.15) is 12.0 Å². The molecule has 1 aliphatic rings. The number of morpholine rings is 1. The highest BCUT2D eigenvalue weighted by molar-refractivity contribution is 5.90. The number of carbonyl (C=O) groups excluding carboxylic acids is 1. The number of nitrogens with one attached hydrogen (secondary N) is 1. The summed E-state index contributed by atoms with van der Waals surface area (Å²) in [5, 5.41) is 2.67. The van der Waals surface area contributed by atoms with E-state index in [1.165, 1.54) is 6.07 Å². The number of hydrogen-bond donors (Lipinski definition) is 1. The van der Waals surface area contributed by atoms with Crippen LogP contribution in [0.25, 0.3) is 0 Å². The number of aryl methyl sites for hydroxylation is 1. The molecule has 1 aromatic carbocycles. The van der Waals surface area contributed by atoms with Crippen molar-refractivity contribution in [3.63, 3.8) is 0 Å². The third-order valence-electron chi connectivity index (χ3n) is 3.60. The zero-order valence-corrected chi connectivity index (χ0v) is 12.4. The number of nitrogens with zero attached hydrogens (tertiary/aromatic N) is 1. The highest BCUT2D eigenvalue weighted by atomic mass is 19.1. The Labute approximate surface area is 124 Å². The maximum Gasteiger partial charge on any atom is 0.322 e. The van der Waals surface area contributed by atoms with E-state index in [9.17, 15) is 9.18 Å². The first kappa shape index (κ1) is 15.7. The standard InChI is InChI=1S/C15H21FN2O3/c1-11-4-3-5-13(16)14(11)17-15(19)18-7-9-21-10-12(18)6-8-20-2/h3-5,12H,6-10H2,1-2H3,(H,17,19). The molecule has 1 aromatic rings. The molecule has 1 heterocycles. The van der Waals surface area contributed by atoms with Crippen molar-refractivity contribution >= 4 is 11.7 Å². The van der Waals surface area contributed by atoms with E-state index in [1.54, 1.807) is 31.1 Å². The van der Waals surface area contributed by atoms with Crippen LogP contribution in [0.3, 0.4) is 0 Å². The van der Waals surface area contributed by atoms with Gasteiger partial charge in [0.05, 0.1) is 24.9 Å². The van der Waals surface area contributed by atoms with E-state index >= 15 is 0 Å². The van der Waals surface area contributed by atoms with Crippen molar-refractivity contribution in [1.29, 1.82) is 0 Å². The van der Waals surface area contributed by atoms with Gasteiger partial charge in [0.15, 0.2) is 0 Å². The summed E-state index contributed by atoms with van der Waals surface area (Å²) in [4.78, 5) is 14.1. The third kappa shape index (κ3) is 3.92. The van der Waals surface area contributed by atoms with Gasteiger partial charge in [0.25, 0.3) is 0 Å². The third-order valence-corrected chi connectivity index (χ3v) is 3.60. The van der Waals surface area contributed by atoms with Crippen LogP contribution in [0, 0.1) is 12.7 Å². The highest BCUT2D eigenvalue weighted by Gasteiger charge is 2.27. The van der Waals surface area contributed by atoms with Gasteiger partial charge in [-0.3, -0.25) is 0 Å². The quantitative estimate of drug-likeness (QED) is 0.928. The number of hydrogen-bond acceptors (Lipinski definition) is 3. The average molecular weight is 296 g/mol. The number of amides is 2. The Bertz CT molecular complexity index is 476. The molecule has 1 fully saturated rings. The van der Waals surface area contributed by atoms with Crippen LogP contribution in [0.5, 0.6) is 0 Å². The maximum absolute atomic E-state index is 13.8. The lowest BCUT2D eigenvalue weighted by atomic mass is 10.1. The van der Waals surface area contributed by atoms with Crippen molar-refractivity contribution in [2.75, 3.05) is 38.8 Å². The molecule has 1 saturated heterocycles. The molecular weight excluding hydrogens is 275 g/mol. The van der Waals surface area contributed by atoms with Crippen LogP contribution >= 0.6 is 0 Å². The molecule has 116 valence electrons. The van der Waals surface area contributed by atoms with Crippen LogP contribution in [-0.2, 0) is 9.47 Å². The molecule has 21 heavy (non-hydrogen) atoms. The van der Waals surface area contributed by atoms with Crippen LogP contribution in [0.2, 0.25) is 0 Å². The Kier molecular flexibility index (Phi) is 5.52. The van der Waals surface area contributed by atoms with E-state index in [0.717, 1.165) is 0 Å². The zero-order chi connectivity index (χ0) is 15.2. The van der Waals surface area contributed by atoms with Crippen molar-refractivity contribution in [3.05, 3.63) is 29.6 Å². The molecule has 0 aliphatic carbocycles. The number of rotatable bonds is 4. The molecule has 0 bridgehead atoms. The average Bonchev–Trinajstić information content (AvgIpc) is 2.49. The summed E-state index contributed by atoms with van der Waals surface area (Å²) in [7, 11) is 1.62. The summed E-state index contributed by atoms with van der Waals surface area (Å²) in [6.45, 7) is 3.78. The Morgan fingerprint density at radius 2 is 2.38 bits per heavy atom. The molecule has 5 nitrogen and oxygen atoms in total. The first-order chi connectivity index (χ1) is 10.1. The first-order valence-corrected chi connectivity index (χ1v) is 7.03. The molecule has 0 aromatic heterocycles. The fraction of sp³-hybridized carbons (Fsp3) is 0.533. The molecule has 1 N–H and O–H groups in total. The number of urea groups is 1. The van der Waals surface area contributed by atoms with E-state index in [0.29, 0.717) is 38.3 Å². The largest absolute Gasteiger partial charge is 0.385 e. The van der Waals surface area contributed by atoms with Gasteiger partial charge in [0.2, 0.25) is 0 Å². The van der Waals surface area contributed by atoms with Gasteiger partial charge in [0.1, 0.15) is 5.82 Å². The number of benzene rings is 1. The number of ether oxygens (including phenoxy) is 2. The predicted molar refractivity (Wildman–Crippen MR) is 78.0 cm³/mol. The predicted octanol–water partition coefficient (Wildman–Crippen LogP) is 2.40. The van der Waals surface area contributed by atoms with Crippen LogP contribution < -0.4 is 5.32 Å². The van der Waals surface area contributed by atoms with Gasteiger partial charge in [-0.1, -0.05) is 12.1 Å². The smallest absolute Gasteiger partial charge is 0.322 e. The topological polar surface area (TPSA) is 50.8 Å². The van der Waals surface area contributed by atoms with Gasteiger partial charge < -0.3 is 19.7 Å². The Balaban J connectivity index is 2.07. The summed E-state index contributed by atoms with van der Waals surface area (Å²) in [6, 6.07) is 4.37. The van der Waals surface area contributed by atoms with Crippen LogP contribution in [-0.4, -0.2) is 50.4 Å². The van der Waals surface area contributed by atoms with Gasteiger partial charge in [-0.2, -0.15) is 0 Å². The van der Waals surface area contributed by atoms with Crippen molar-refractivity contribution in [1.82, 2.24) is 4.90 Å². The van der Waals surface area contributed by atoms with Gasteiger partial charge in [0, 0.05) is 20.3 Å². The zero-order valence-electron chi connectivity index (χ0n) is 12.4. The molecule has 1 atom stereocenters. The van der Waals surface area contributed by atoms with Gasteiger partial charge in [-0.15, -0.1) is 0 Å². The summed E-state index contributed by atoms with van der Waals surface area (Å²) >= 11 is 0. The number of halogens is 1. The van der Waals surface area contributed by atoms with Crippen molar-refractivity contribution in [2.24, 2.45) is 0 Å². The number of carbonyl (C=O) groups is 1.